The molecular formula is C28H25FN4O3S. The first-order chi connectivity index (χ1) is 17.9. The molecule has 3 amide bonds. The van der Waals surface area contributed by atoms with E-state index in [1.807, 2.05) is 42.5 Å². The second-order valence-electron chi connectivity index (χ2n) is 9.01. The van der Waals surface area contributed by atoms with Gasteiger partial charge in [0.1, 0.15) is 11.9 Å². The van der Waals surface area contributed by atoms with Crippen LogP contribution in [0.3, 0.4) is 0 Å². The van der Waals surface area contributed by atoms with Crippen molar-refractivity contribution in [1.82, 2.24) is 4.90 Å². The van der Waals surface area contributed by atoms with Crippen LogP contribution in [0.5, 0.6) is 0 Å². The minimum absolute atomic E-state index is 0.116. The molecule has 3 aromatic carbocycles. The Morgan fingerprint density at radius 2 is 1.65 bits per heavy atom. The van der Waals surface area contributed by atoms with E-state index >= 15 is 0 Å². The van der Waals surface area contributed by atoms with Gasteiger partial charge in [0.25, 0.3) is 5.91 Å². The van der Waals surface area contributed by atoms with Gasteiger partial charge >= 0.3 is 0 Å². The van der Waals surface area contributed by atoms with Crippen LogP contribution in [0.1, 0.15) is 24.8 Å². The fourth-order valence-corrected chi connectivity index (χ4v) is 5.04. The SMILES string of the molecule is O=C(C[C@H]1C(=O)N(c2ccccc2)C(=S)N1Cc1ccc(N2CCCC2=O)cc1)Nc1ccc(F)cc1. The Labute approximate surface area is 219 Å². The van der Waals surface area contributed by atoms with Crippen molar-refractivity contribution in [3.8, 4) is 0 Å². The van der Waals surface area contributed by atoms with Gasteiger partial charge in [-0.1, -0.05) is 30.3 Å². The van der Waals surface area contributed by atoms with Crippen molar-refractivity contribution in [3.05, 3.63) is 90.2 Å². The third-order valence-corrected chi connectivity index (χ3v) is 6.93. The standard InChI is InChI=1S/C28H25FN4O3S/c29-20-10-12-21(13-11-20)30-25(34)17-24-27(36)33(23-5-2-1-3-6-23)28(37)32(24)18-19-8-14-22(15-9-19)31-16-4-7-26(31)35/h1-3,5-6,8-15,24H,4,7,16-18H2,(H,30,34)/t24-/m0/s1. The number of rotatable bonds is 7. The number of halogens is 1. The van der Waals surface area contributed by atoms with Gasteiger partial charge in [0, 0.05) is 30.9 Å². The number of nitrogens with zero attached hydrogens (tertiary/aromatic N) is 3. The summed E-state index contributed by atoms with van der Waals surface area (Å²) >= 11 is 5.73. The van der Waals surface area contributed by atoms with Crippen molar-refractivity contribution in [2.45, 2.75) is 31.8 Å². The summed E-state index contributed by atoms with van der Waals surface area (Å²) in [6.45, 7) is 1.02. The number of carbonyl (C=O) groups is 3. The van der Waals surface area contributed by atoms with E-state index < -0.39 is 11.9 Å². The minimum atomic E-state index is -0.812. The number of amides is 3. The summed E-state index contributed by atoms with van der Waals surface area (Å²) in [4.78, 5) is 43.5. The number of benzene rings is 3. The lowest BCUT2D eigenvalue weighted by molar-refractivity contribution is -0.124. The summed E-state index contributed by atoms with van der Waals surface area (Å²) in [7, 11) is 0. The fraction of sp³-hybridized carbons (Fsp3) is 0.214. The first kappa shape index (κ1) is 24.6. The Kier molecular flexibility index (Phi) is 6.96. The first-order valence-electron chi connectivity index (χ1n) is 12.0. The Bertz CT molecular complexity index is 1330. The molecule has 2 aliphatic rings. The van der Waals surface area contributed by atoms with Gasteiger partial charge in [-0.25, -0.2) is 4.39 Å². The zero-order valence-corrected chi connectivity index (χ0v) is 20.8. The van der Waals surface area contributed by atoms with Crippen LogP contribution in [0.25, 0.3) is 0 Å². The van der Waals surface area contributed by atoms with Crippen molar-refractivity contribution in [1.29, 1.82) is 0 Å². The predicted molar refractivity (Wildman–Crippen MR) is 144 cm³/mol. The largest absolute Gasteiger partial charge is 0.332 e. The Hall–Kier alpha value is -4.11. The van der Waals surface area contributed by atoms with Crippen molar-refractivity contribution < 1.29 is 18.8 Å². The van der Waals surface area contributed by atoms with Gasteiger partial charge < -0.3 is 15.1 Å². The van der Waals surface area contributed by atoms with Crippen LogP contribution >= 0.6 is 12.2 Å². The summed E-state index contributed by atoms with van der Waals surface area (Å²) in [5.41, 5.74) is 2.81. The molecule has 1 N–H and O–H groups in total. The van der Waals surface area contributed by atoms with Crippen LogP contribution < -0.4 is 15.1 Å². The molecule has 7 nitrogen and oxygen atoms in total. The van der Waals surface area contributed by atoms with Crippen molar-refractivity contribution in [2.24, 2.45) is 0 Å². The Balaban J connectivity index is 1.37. The summed E-state index contributed by atoms with van der Waals surface area (Å²) in [6.07, 6.45) is 1.28. The van der Waals surface area contributed by atoms with Gasteiger partial charge in [0.05, 0.1) is 12.1 Å². The molecule has 0 spiro atoms. The number of para-hydroxylation sites is 1. The molecule has 188 valence electrons. The van der Waals surface area contributed by atoms with E-state index in [4.69, 9.17) is 12.2 Å². The smallest absolute Gasteiger partial charge is 0.256 e. The minimum Gasteiger partial charge on any atom is -0.332 e. The molecule has 2 saturated heterocycles. The highest BCUT2D eigenvalue weighted by atomic mass is 32.1. The second-order valence-corrected chi connectivity index (χ2v) is 9.38. The number of nitrogens with one attached hydrogen (secondary N) is 1. The summed E-state index contributed by atoms with van der Waals surface area (Å²) in [5.74, 6) is -0.954. The maximum atomic E-state index is 13.5. The molecule has 0 unspecified atom stereocenters. The van der Waals surface area contributed by atoms with E-state index in [-0.39, 0.29) is 24.1 Å². The van der Waals surface area contributed by atoms with Crippen molar-refractivity contribution in [3.63, 3.8) is 0 Å². The molecule has 0 bridgehead atoms. The lowest BCUT2D eigenvalue weighted by Gasteiger charge is -2.24. The second kappa shape index (κ2) is 10.5. The van der Waals surface area contributed by atoms with Crippen LogP contribution in [-0.2, 0) is 20.9 Å². The number of anilines is 3. The van der Waals surface area contributed by atoms with E-state index in [2.05, 4.69) is 5.32 Å². The topological polar surface area (TPSA) is 73.0 Å². The van der Waals surface area contributed by atoms with Gasteiger partial charge in [-0.3, -0.25) is 19.3 Å². The number of carbonyl (C=O) groups excluding carboxylic acids is 3. The van der Waals surface area contributed by atoms with Crippen LogP contribution in [0.2, 0.25) is 0 Å². The number of hydrogen-bond acceptors (Lipinski definition) is 4. The van der Waals surface area contributed by atoms with E-state index in [1.165, 1.54) is 29.2 Å². The summed E-state index contributed by atoms with van der Waals surface area (Å²) < 4.78 is 13.2. The van der Waals surface area contributed by atoms with Crippen LogP contribution in [0, 0.1) is 5.82 Å². The Morgan fingerprint density at radius 1 is 0.946 bits per heavy atom. The first-order valence-corrected chi connectivity index (χ1v) is 12.5. The molecule has 1 atom stereocenters. The molecule has 2 aliphatic heterocycles. The number of thiocarbonyl (C=S) groups is 1. The maximum absolute atomic E-state index is 13.5. The molecule has 9 heteroatoms. The van der Waals surface area contributed by atoms with Gasteiger partial charge in [-0.2, -0.15) is 0 Å². The molecular weight excluding hydrogens is 491 g/mol. The van der Waals surface area contributed by atoms with E-state index in [1.54, 1.807) is 21.9 Å². The zero-order chi connectivity index (χ0) is 25.9. The third kappa shape index (κ3) is 5.22. The van der Waals surface area contributed by atoms with Crippen molar-refractivity contribution in [2.75, 3.05) is 21.7 Å². The van der Waals surface area contributed by atoms with Gasteiger partial charge in [-0.05, 0) is 72.7 Å². The highest BCUT2D eigenvalue weighted by molar-refractivity contribution is 7.80. The molecule has 0 aromatic heterocycles. The molecule has 5 rings (SSSR count). The van der Waals surface area contributed by atoms with Crippen LogP contribution in [0.4, 0.5) is 21.5 Å². The summed E-state index contributed by atoms with van der Waals surface area (Å²) in [6, 6.07) is 21.3. The monoisotopic (exact) mass is 516 g/mol. The van der Waals surface area contributed by atoms with E-state index in [0.717, 1.165) is 17.7 Å². The average Bonchev–Trinajstić information content (AvgIpc) is 3.42. The molecule has 2 fully saturated rings. The van der Waals surface area contributed by atoms with Crippen LogP contribution in [-0.4, -0.2) is 40.3 Å². The van der Waals surface area contributed by atoms with Gasteiger partial charge in [0.15, 0.2) is 5.11 Å². The lowest BCUT2D eigenvalue weighted by Crippen LogP contribution is -2.37. The molecule has 0 saturated carbocycles. The van der Waals surface area contributed by atoms with E-state index in [0.29, 0.717) is 36.0 Å². The highest BCUT2D eigenvalue weighted by Crippen LogP contribution is 2.29. The molecule has 37 heavy (non-hydrogen) atoms. The normalized spacial score (nSPS) is 17.6. The molecule has 2 heterocycles. The number of hydrogen-bond donors (Lipinski definition) is 1. The third-order valence-electron chi connectivity index (χ3n) is 6.51. The van der Waals surface area contributed by atoms with Crippen molar-refractivity contribution >= 4 is 52.1 Å². The Morgan fingerprint density at radius 3 is 2.30 bits per heavy atom. The summed E-state index contributed by atoms with van der Waals surface area (Å²) in [5, 5.41) is 3.04. The fourth-order valence-electron chi connectivity index (χ4n) is 4.65. The maximum Gasteiger partial charge on any atom is 0.256 e. The zero-order valence-electron chi connectivity index (χ0n) is 20.0. The predicted octanol–water partition coefficient (Wildman–Crippen LogP) is 4.48. The van der Waals surface area contributed by atoms with Gasteiger partial charge in [0.2, 0.25) is 11.8 Å². The molecule has 0 aliphatic carbocycles. The van der Waals surface area contributed by atoms with Crippen LogP contribution in [0.15, 0.2) is 78.9 Å². The quantitative estimate of drug-likeness (QED) is 0.469. The average molecular weight is 517 g/mol. The van der Waals surface area contributed by atoms with E-state index in [9.17, 15) is 18.8 Å². The molecule has 3 aromatic rings. The van der Waals surface area contributed by atoms with Gasteiger partial charge in [-0.15, -0.1) is 0 Å². The highest BCUT2D eigenvalue weighted by Gasteiger charge is 2.44. The molecule has 0 radical (unpaired) electrons. The lowest BCUT2D eigenvalue weighted by atomic mass is 10.1.